The van der Waals surface area contributed by atoms with Crippen molar-refractivity contribution in [2.24, 2.45) is 0 Å². The largest absolute Gasteiger partial charge is 0.310 e. The van der Waals surface area contributed by atoms with Crippen LogP contribution in [0.3, 0.4) is 0 Å². The highest BCUT2D eigenvalue weighted by atomic mass is 15.1. The number of nitrogens with zero attached hydrogens (tertiary/aromatic N) is 2. The number of aryl methyl sites for hydroxylation is 1. The van der Waals surface area contributed by atoms with Crippen LogP contribution in [0.1, 0.15) is 30.5 Å². The van der Waals surface area contributed by atoms with Crippen molar-refractivity contribution >= 4 is 0 Å². The zero-order valence-corrected chi connectivity index (χ0v) is 13.8. The van der Waals surface area contributed by atoms with Crippen LogP contribution < -0.4 is 5.32 Å². The first-order valence-corrected chi connectivity index (χ1v) is 7.66. The van der Waals surface area contributed by atoms with E-state index in [-0.39, 0.29) is 0 Å². The fourth-order valence-corrected chi connectivity index (χ4v) is 2.42. The Morgan fingerprint density at radius 3 is 2.35 bits per heavy atom. The highest BCUT2D eigenvalue weighted by molar-refractivity contribution is 5.28. The number of hydrogen-bond donors (Lipinski definition) is 1. The molecular formula is C17H31N3. The summed E-state index contributed by atoms with van der Waals surface area (Å²) >= 11 is 0. The van der Waals surface area contributed by atoms with Crippen LogP contribution in [-0.4, -0.2) is 57.1 Å². The molecule has 3 heteroatoms. The van der Waals surface area contributed by atoms with E-state index in [9.17, 15) is 0 Å². The van der Waals surface area contributed by atoms with Crippen molar-refractivity contribution in [3.8, 4) is 0 Å². The van der Waals surface area contributed by atoms with E-state index in [1.54, 1.807) is 0 Å². The summed E-state index contributed by atoms with van der Waals surface area (Å²) in [4.78, 5) is 4.65. The van der Waals surface area contributed by atoms with Crippen molar-refractivity contribution in [2.75, 3.05) is 47.3 Å². The first-order chi connectivity index (χ1) is 9.54. The minimum absolute atomic E-state index is 0.461. The van der Waals surface area contributed by atoms with Gasteiger partial charge in [-0.25, -0.2) is 0 Å². The third-order valence-electron chi connectivity index (χ3n) is 3.74. The van der Waals surface area contributed by atoms with Gasteiger partial charge in [0.25, 0.3) is 0 Å². The molecule has 114 valence electrons. The number of benzene rings is 1. The minimum atomic E-state index is 0.461. The highest BCUT2D eigenvalue weighted by Gasteiger charge is 2.13. The van der Waals surface area contributed by atoms with Crippen LogP contribution in [0.25, 0.3) is 0 Å². The fraction of sp³-hybridized carbons (Fsp3) is 0.647. The minimum Gasteiger partial charge on any atom is -0.310 e. The lowest BCUT2D eigenvalue weighted by molar-refractivity contribution is 0.268. The van der Waals surface area contributed by atoms with Gasteiger partial charge in [-0.2, -0.15) is 0 Å². The monoisotopic (exact) mass is 277 g/mol. The standard InChI is InChI=1S/C17H31N3/c1-6-18-17(16-10-8-7-9-15(16)2)11-12-20(5)14-13-19(3)4/h7-10,17-18H,6,11-14H2,1-5H3. The predicted molar refractivity (Wildman–Crippen MR) is 88.3 cm³/mol. The van der Waals surface area contributed by atoms with Crippen LogP contribution in [0.5, 0.6) is 0 Å². The van der Waals surface area contributed by atoms with Gasteiger partial charge >= 0.3 is 0 Å². The van der Waals surface area contributed by atoms with Crippen LogP contribution in [0, 0.1) is 6.92 Å². The third kappa shape index (κ3) is 6.04. The number of rotatable bonds is 9. The molecule has 1 unspecified atom stereocenters. The molecule has 1 rings (SSSR count). The molecule has 0 radical (unpaired) electrons. The van der Waals surface area contributed by atoms with E-state index in [1.165, 1.54) is 11.1 Å². The summed E-state index contributed by atoms with van der Waals surface area (Å²) in [5.74, 6) is 0. The summed E-state index contributed by atoms with van der Waals surface area (Å²) in [5.41, 5.74) is 2.82. The van der Waals surface area contributed by atoms with E-state index in [0.717, 1.165) is 32.6 Å². The van der Waals surface area contributed by atoms with E-state index in [2.05, 4.69) is 74.4 Å². The molecule has 20 heavy (non-hydrogen) atoms. The normalized spacial score (nSPS) is 13.2. The zero-order chi connectivity index (χ0) is 15.0. The maximum atomic E-state index is 3.62. The van der Waals surface area contributed by atoms with Crippen LogP contribution in [0.2, 0.25) is 0 Å². The van der Waals surface area contributed by atoms with E-state index < -0.39 is 0 Å². The Balaban J connectivity index is 2.53. The molecule has 0 amide bonds. The maximum Gasteiger partial charge on any atom is 0.0334 e. The number of hydrogen-bond acceptors (Lipinski definition) is 3. The highest BCUT2D eigenvalue weighted by Crippen LogP contribution is 2.20. The van der Waals surface area contributed by atoms with Gasteiger partial charge in [-0.05, 0) is 58.7 Å². The van der Waals surface area contributed by atoms with Gasteiger partial charge in [0.1, 0.15) is 0 Å². The molecule has 1 aromatic rings. The Bertz CT molecular complexity index is 376. The summed E-state index contributed by atoms with van der Waals surface area (Å²) in [5, 5.41) is 3.62. The molecular weight excluding hydrogens is 246 g/mol. The molecule has 1 aromatic carbocycles. The molecule has 0 saturated heterocycles. The summed E-state index contributed by atoms with van der Waals surface area (Å²) in [6.45, 7) is 8.77. The number of likely N-dealkylation sites (N-methyl/N-ethyl adjacent to an activating group) is 2. The molecule has 1 atom stereocenters. The Kier molecular flexibility index (Phi) is 7.82. The van der Waals surface area contributed by atoms with E-state index in [1.807, 2.05) is 0 Å². The molecule has 0 heterocycles. The van der Waals surface area contributed by atoms with E-state index in [0.29, 0.717) is 6.04 Å². The Morgan fingerprint density at radius 2 is 1.75 bits per heavy atom. The van der Waals surface area contributed by atoms with Crippen LogP contribution >= 0.6 is 0 Å². The van der Waals surface area contributed by atoms with Crippen molar-refractivity contribution in [1.82, 2.24) is 15.1 Å². The maximum absolute atomic E-state index is 3.62. The first kappa shape index (κ1) is 17.2. The van der Waals surface area contributed by atoms with E-state index in [4.69, 9.17) is 0 Å². The average molecular weight is 277 g/mol. The van der Waals surface area contributed by atoms with Crippen LogP contribution in [0.4, 0.5) is 0 Å². The molecule has 0 aliphatic heterocycles. The molecule has 0 saturated carbocycles. The Morgan fingerprint density at radius 1 is 1.05 bits per heavy atom. The van der Waals surface area contributed by atoms with Gasteiger partial charge in [-0.15, -0.1) is 0 Å². The molecule has 1 N–H and O–H groups in total. The first-order valence-electron chi connectivity index (χ1n) is 7.66. The Hall–Kier alpha value is -0.900. The lowest BCUT2D eigenvalue weighted by atomic mass is 9.98. The van der Waals surface area contributed by atoms with Crippen molar-refractivity contribution in [3.63, 3.8) is 0 Å². The van der Waals surface area contributed by atoms with Crippen molar-refractivity contribution < 1.29 is 0 Å². The second-order valence-electron chi connectivity index (χ2n) is 5.86. The molecule has 0 bridgehead atoms. The second-order valence-corrected chi connectivity index (χ2v) is 5.86. The predicted octanol–water partition coefficient (Wildman–Crippen LogP) is 2.53. The fourth-order valence-electron chi connectivity index (χ4n) is 2.42. The van der Waals surface area contributed by atoms with Crippen molar-refractivity contribution in [1.29, 1.82) is 0 Å². The van der Waals surface area contributed by atoms with Crippen LogP contribution in [-0.2, 0) is 0 Å². The van der Waals surface area contributed by atoms with Gasteiger partial charge in [-0.3, -0.25) is 0 Å². The molecule has 0 spiro atoms. The average Bonchev–Trinajstić information content (AvgIpc) is 2.42. The molecule has 0 aliphatic carbocycles. The second kappa shape index (κ2) is 9.11. The lowest BCUT2D eigenvalue weighted by Crippen LogP contribution is -2.32. The number of nitrogens with one attached hydrogen (secondary N) is 1. The zero-order valence-electron chi connectivity index (χ0n) is 13.8. The SMILES string of the molecule is CCNC(CCN(C)CCN(C)C)c1ccccc1C. The molecule has 0 aromatic heterocycles. The van der Waals surface area contributed by atoms with Crippen molar-refractivity contribution in [3.05, 3.63) is 35.4 Å². The van der Waals surface area contributed by atoms with Gasteiger partial charge in [0.2, 0.25) is 0 Å². The summed E-state index contributed by atoms with van der Waals surface area (Å²) < 4.78 is 0. The quantitative estimate of drug-likeness (QED) is 0.748. The summed E-state index contributed by atoms with van der Waals surface area (Å²) in [6.07, 6.45) is 1.16. The molecule has 0 aliphatic rings. The van der Waals surface area contributed by atoms with Gasteiger partial charge < -0.3 is 15.1 Å². The topological polar surface area (TPSA) is 18.5 Å². The lowest BCUT2D eigenvalue weighted by Gasteiger charge is -2.24. The van der Waals surface area contributed by atoms with Gasteiger partial charge in [0.05, 0.1) is 0 Å². The molecule has 0 fully saturated rings. The van der Waals surface area contributed by atoms with Gasteiger partial charge in [0.15, 0.2) is 0 Å². The van der Waals surface area contributed by atoms with Crippen LogP contribution in [0.15, 0.2) is 24.3 Å². The third-order valence-corrected chi connectivity index (χ3v) is 3.74. The van der Waals surface area contributed by atoms with Gasteiger partial charge in [-0.1, -0.05) is 31.2 Å². The Labute approximate surface area is 125 Å². The summed E-state index contributed by atoms with van der Waals surface area (Å²) in [6, 6.07) is 9.17. The van der Waals surface area contributed by atoms with E-state index >= 15 is 0 Å². The smallest absolute Gasteiger partial charge is 0.0334 e. The summed E-state index contributed by atoms with van der Waals surface area (Å²) in [7, 11) is 6.47. The van der Waals surface area contributed by atoms with Gasteiger partial charge in [0, 0.05) is 19.1 Å². The van der Waals surface area contributed by atoms with Crippen molar-refractivity contribution in [2.45, 2.75) is 26.3 Å². The molecule has 3 nitrogen and oxygen atoms in total.